The minimum Gasteiger partial charge on any atom is -0.508 e. The van der Waals surface area contributed by atoms with E-state index in [1.807, 2.05) is 0 Å². The second-order valence-corrected chi connectivity index (χ2v) is 8.35. The minimum atomic E-state index is -4.18. The monoisotopic (exact) mass is 440 g/mol. The van der Waals surface area contributed by atoms with Crippen LogP contribution < -0.4 is 19.3 Å². The van der Waals surface area contributed by atoms with Gasteiger partial charge >= 0.3 is 0 Å². The molecular weight excluding hydrogens is 412 g/mol. The van der Waals surface area contributed by atoms with Crippen LogP contribution in [0, 0.1) is 6.92 Å². The summed E-state index contributed by atoms with van der Waals surface area (Å²) in [6, 6.07) is 6.90. The van der Waals surface area contributed by atoms with Crippen LogP contribution in [0.25, 0.3) is 0 Å². The maximum Gasteiger partial charge on any atom is 0.277 e. The first-order valence-electron chi connectivity index (χ1n) is 9.09. The second kappa shape index (κ2) is 9.52. The number of benzene rings is 2. The number of hydrogen-bond donors (Lipinski definition) is 3. The first-order valence-corrected chi connectivity index (χ1v) is 10.6. The number of aryl methyl sites for hydroxylation is 1. The molecule has 0 aliphatic heterocycles. The van der Waals surface area contributed by atoms with Gasteiger partial charge in [0.05, 0.1) is 33.5 Å². The number of phenols is 1. The molecule has 166 valence electrons. The summed E-state index contributed by atoms with van der Waals surface area (Å²) in [4.78, 5) is 0. The van der Waals surface area contributed by atoms with Gasteiger partial charge in [-0.1, -0.05) is 6.07 Å². The Morgan fingerprint density at radius 3 is 2.07 bits per heavy atom. The molecule has 9 nitrogen and oxygen atoms in total. The van der Waals surface area contributed by atoms with E-state index in [0.29, 0.717) is 33.9 Å². The van der Waals surface area contributed by atoms with Crippen molar-refractivity contribution >= 4 is 10.2 Å². The Balaban J connectivity index is 2.42. The van der Waals surface area contributed by atoms with E-state index in [4.69, 9.17) is 19.3 Å². The van der Waals surface area contributed by atoms with Crippen LogP contribution in [0.15, 0.2) is 30.3 Å². The van der Waals surface area contributed by atoms with Crippen molar-refractivity contribution in [3.63, 3.8) is 0 Å². The highest BCUT2D eigenvalue weighted by atomic mass is 32.2. The Hall–Kier alpha value is -2.53. The maximum absolute atomic E-state index is 12.3. The van der Waals surface area contributed by atoms with E-state index in [-0.39, 0.29) is 12.3 Å². The Morgan fingerprint density at radius 1 is 1.07 bits per heavy atom. The van der Waals surface area contributed by atoms with E-state index in [9.17, 15) is 18.6 Å². The van der Waals surface area contributed by atoms with Crippen molar-refractivity contribution in [1.29, 1.82) is 0 Å². The maximum atomic E-state index is 12.3. The molecule has 0 bridgehead atoms. The van der Waals surface area contributed by atoms with E-state index >= 15 is 0 Å². The normalized spacial score (nSPS) is 13.7. The first-order chi connectivity index (χ1) is 14.0. The number of hydrogen-bond acceptors (Lipinski definition) is 7. The average molecular weight is 441 g/mol. The SMILES string of the molecule is COc1cc(CN([C@@H](C)[C@H](O)c2ccc(O)c(C)c2)S(N)(=O)=O)cc(OC)c1OC. The molecule has 0 spiro atoms. The van der Waals surface area contributed by atoms with Gasteiger partial charge in [0, 0.05) is 6.54 Å². The molecule has 30 heavy (non-hydrogen) atoms. The zero-order chi connectivity index (χ0) is 22.6. The summed E-state index contributed by atoms with van der Waals surface area (Å²) in [5.41, 5.74) is 1.54. The van der Waals surface area contributed by atoms with Gasteiger partial charge in [0.1, 0.15) is 5.75 Å². The van der Waals surface area contributed by atoms with Crippen LogP contribution >= 0.6 is 0 Å². The Morgan fingerprint density at radius 2 is 1.63 bits per heavy atom. The van der Waals surface area contributed by atoms with Gasteiger partial charge < -0.3 is 24.4 Å². The van der Waals surface area contributed by atoms with Gasteiger partial charge in [0.15, 0.2) is 11.5 Å². The van der Waals surface area contributed by atoms with Crippen molar-refractivity contribution in [3.05, 3.63) is 47.0 Å². The van der Waals surface area contributed by atoms with Crippen LogP contribution in [-0.2, 0) is 16.8 Å². The predicted molar refractivity (Wildman–Crippen MR) is 112 cm³/mol. The van der Waals surface area contributed by atoms with E-state index in [1.165, 1.54) is 33.5 Å². The van der Waals surface area contributed by atoms with Gasteiger partial charge in [-0.15, -0.1) is 0 Å². The Labute approximate surface area is 176 Å². The van der Waals surface area contributed by atoms with Gasteiger partial charge in [-0.3, -0.25) is 0 Å². The molecule has 0 saturated carbocycles. The van der Waals surface area contributed by atoms with Gasteiger partial charge in [-0.25, -0.2) is 5.14 Å². The molecule has 0 radical (unpaired) electrons. The number of nitrogens with two attached hydrogens (primary N) is 1. The highest BCUT2D eigenvalue weighted by Gasteiger charge is 2.31. The molecule has 0 heterocycles. The third-order valence-electron chi connectivity index (χ3n) is 4.86. The highest BCUT2D eigenvalue weighted by Crippen LogP contribution is 2.39. The summed E-state index contributed by atoms with van der Waals surface area (Å²) in [5.74, 6) is 1.19. The predicted octanol–water partition coefficient (Wildman–Crippen LogP) is 1.85. The molecule has 2 aromatic carbocycles. The molecule has 0 fully saturated rings. The summed E-state index contributed by atoms with van der Waals surface area (Å²) in [5, 5.41) is 25.9. The van der Waals surface area contributed by atoms with Crippen molar-refractivity contribution in [2.45, 2.75) is 32.5 Å². The molecule has 2 aromatic rings. The summed E-state index contributed by atoms with van der Waals surface area (Å²) in [6.07, 6.45) is -1.18. The average Bonchev–Trinajstić information content (AvgIpc) is 2.71. The van der Waals surface area contributed by atoms with Gasteiger partial charge in [-0.05, 0) is 54.8 Å². The van der Waals surface area contributed by atoms with E-state index in [2.05, 4.69) is 0 Å². The van der Waals surface area contributed by atoms with Crippen LogP contribution in [0.2, 0.25) is 0 Å². The zero-order valence-corrected chi connectivity index (χ0v) is 18.4. The number of aromatic hydroxyl groups is 1. The quantitative estimate of drug-likeness (QED) is 0.542. The van der Waals surface area contributed by atoms with Crippen molar-refractivity contribution in [2.75, 3.05) is 21.3 Å². The minimum absolute atomic E-state index is 0.0827. The lowest BCUT2D eigenvalue weighted by Crippen LogP contribution is -2.45. The fourth-order valence-electron chi connectivity index (χ4n) is 3.17. The summed E-state index contributed by atoms with van der Waals surface area (Å²) < 4.78 is 41.6. The summed E-state index contributed by atoms with van der Waals surface area (Å²) in [7, 11) is 0.202. The molecule has 0 aliphatic rings. The van der Waals surface area contributed by atoms with Crippen molar-refractivity contribution in [1.82, 2.24) is 4.31 Å². The third kappa shape index (κ3) is 5.14. The fraction of sp³-hybridized carbons (Fsp3) is 0.400. The van der Waals surface area contributed by atoms with Crippen LogP contribution in [0.3, 0.4) is 0 Å². The number of methoxy groups -OCH3 is 3. The lowest BCUT2D eigenvalue weighted by molar-refractivity contribution is 0.0959. The van der Waals surface area contributed by atoms with Gasteiger partial charge in [0.25, 0.3) is 10.2 Å². The molecule has 0 unspecified atom stereocenters. The largest absolute Gasteiger partial charge is 0.508 e. The Bertz CT molecular complexity index is 970. The molecule has 0 aromatic heterocycles. The number of nitrogens with zero attached hydrogens (tertiary/aromatic N) is 1. The van der Waals surface area contributed by atoms with Crippen molar-refractivity contribution < 1.29 is 32.8 Å². The van der Waals surface area contributed by atoms with Crippen molar-refractivity contribution in [2.24, 2.45) is 5.14 Å². The van der Waals surface area contributed by atoms with Crippen LogP contribution in [-0.4, -0.2) is 50.3 Å². The molecule has 2 rings (SSSR count). The zero-order valence-electron chi connectivity index (χ0n) is 17.6. The van der Waals surface area contributed by atoms with Crippen LogP contribution in [0.1, 0.15) is 29.7 Å². The standard InChI is InChI=1S/C20H28N2O7S/c1-12-8-15(6-7-16(12)23)19(24)13(2)22(30(21,25)26)11-14-9-17(27-3)20(29-5)18(10-14)28-4/h6-10,13,19,23-24H,11H2,1-5H3,(H2,21,25,26)/t13-,19-/m0/s1. The van der Waals surface area contributed by atoms with Gasteiger partial charge in [-0.2, -0.15) is 12.7 Å². The molecule has 0 amide bonds. The highest BCUT2D eigenvalue weighted by molar-refractivity contribution is 7.86. The molecule has 0 saturated heterocycles. The fourth-order valence-corrected chi connectivity index (χ4v) is 4.08. The summed E-state index contributed by atoms with van der Waals surface area (Å²) in [6.45, 7) is 3.10. The number of phenolic OH excluding ortho intramolecular Hbond substituents is 1. The Kier molecular flexibility index (Phi) is 7.54. The van der Waals surface area contributed by atoms with E-state index in [0.717, 1.165) is 4.31 Å². The number of aliphatic hydroxyl groups is 1. The topological polar surface area (TPSA) is 132 Å². The molecular formula is C20H28N2O7S. The number of rotatable bonds is 9. The number of aliphatic hydroxyl groups excluding tert-OH is 1. The van der Waals surface area contributed by atoms with Gasteiger partial charge in [0.2, 0.25) is 5.75 Å². The van der Waals surface area contributed by atoms with Crippen molar-refractivity contribution in [3.8, 4) is 23.0 Å². The lowest BCUT2D eigenvalue weighted by Gasteiger charge is -2.30. The first kappa shape index (κ1) is 23.7. The lowest BCUT2D eigenvalue weighted by atomic mass is 10.0. The second-order valence-electron chi connectivity index (χ2n) is 6.86. The smallest absolute Gasteiger partial charge is 0.277 e. The van der Waals surface area contributed by atoms with Crippen LogP contribution in [0.4, 0.5) is 0 Å². The van der Waals surface area contributed by atoms with E-state index < -0.39 is 22.4 Å². The summed E-state index contributed by atoms with van der Waals surface area (Å²) >= 11 is 0. The molecule has 2 atom stereocenters. The van der Waals surface area contributed by atoms with E-state index in [1.54, 1.807) is 32.0 Å². The third-order valence-corrected chi connectivity index (χ3v) is 5.98. The molecule has 10 heteroatoms. The van der Waals surface area contributed by atoms with Crippen LogP contribution in [0.5, 0.6) is 23.0 Å². The molecule has 0 aliphatic carbocycles. The number of ether oxygens (including phenoxy) is 3. The molecule has 4 N–H and O–H groups in total.